The minimum Gasteiger partial charge on any atom is -0.478 e. The fourth-order valence-electron chi connectivity index (χ4n) is 0.359. The van der Waals surface area contributed by atoms with Crippen LogP contribution in [0, 0.1) is 0 Å². The number of rotatable bonds is 3. The standard InChI is InChI=1S/C6H10N2O2/c1-2-8-4-5(3-7)6(9)10/h3-4H,2,7H2,1H3,(H,9,10)/b5-3+,8-4?. The SMILES string of the molecule is CCN=C/C(=C\N)C(=O)O. The maximum atomic E-state index is 10.2. The van der Waals surface area contributed by atoms with Gasteiger partial charge in [-0.05, 0) is 6.92 Å². The molecule has 0 saturated heterocycles. The van der Waals surface area contributed by atoms with E-state index in [1.165, 1.54) is 6.21 Å². The van der Waals surface area contributed by atoms with Gasteiger partial charge in [0, 0.05) is 19.0 Å². The smallest absolute Gasteiger partial charge is 0.338 e. The van der Waals surface area contributed by atoms with E-state index in [0.29, 0.717) is 6.54 Å². The van der Waals surface area contributed by atoms with Gasteiger partial charge in [0.15, 0.2) is 0 Å². The second kappa shape index (κ2) is 4.55. The minimum atomic E-state index is -1.06. The van der Waals surface area contributed by atoms with Crippen LogP contribution in [0.5, 0.6) is 0 Å². The summed E-state index contributed by atoms with van der Waals surface area (Å²) in [6.07, 6.45) is 2.25. The summed E-state index contributed by atoms with van der Waals surface area (Å²) in [6.45, 7) is 2.37. The van der Waals surface area contributed by atoms with Gasteiger partial charge >= 0.3 is 5.97 Å². The third-order valence-electron chi connectivity index (χ3n) is 0.839. The lowest BCUT2D eigenvalue weighted by Crippen LogP contribution is -2.04. The van der Waals surface area contributed by atoms with E-state index in [9.17, 15) is 4.79 Å². The number of hydrogen-bond donors (Lipinski definition) is 2. The average molecular weight is 142 g/mol. The Morgan fingerprint density at radius 2 is 2.40 bits per heavy atom. The van der Waals surface area contributed by atoms with E-state index >= 15 is 0 Å². The van der Waals surface area contributed by atoms with E-state index in [1.54, 1.807) is 0 Å². The van der Waals surface area contributed by atoms with Crippen LogP contribution in [0.25, 0.3) is 0 Å². The molecule has 0 atom stereocenters. The number of aliphatic imine (C=N–C) groups is 1. The lowest BCUT2D eigenvalue weighted by Gasteiger charge is -1.88. The molecule has 0 bridgehead atoms. The molecule has 4 nitrogen and oxygen atoms in total. The molecule has 0 unspecified atom stereocenters. The van der Waals surface area contributed by atoms with E-state index < -0.39 is 5.97 Å². The van der Waals surface area contributed by atoms with Crippen molar-refractivity contribution in [2.24, 2.45) is 10.7 Å². The van der Waals surface area contributed by atoms with Gasteiger partial charge in [0.05, 0.1) is 5.57 Å². The van der Waals surface area contributed by atoms with Crippen LogP contribution in [0.3, 0.4) is 0 Å². The fourth-order valence-corrected chi connectivity index (χ4v) is 0.359. The molecule has 0 rings (SSSR count). The monoisotopic (exact) mass is 142 g/mol. The first-order valence-corrected chi connectivity index (χ1v) is 2.87. The molecule has 0 amide bonds. The van der Waals surface area contributed by atoms with Gasteiger partial charge in [0.25, 0.3) is 0 Å². The van der Waals surface area contributed by atoms with Crippen LogP contribution in [-0.2, 0) is 4.79 Å². The molecule has 4 heteroatoms. The zero-order valence-electron chi connectivity index (χ0n) is 5.74. The highest BCUT2D eigenvalue weighted by atomic mass is 16.4. The van der Waals surface area contributed by atoms with E-state index in [-0.39, 0.29) is 5.57 Å². The molecule has 0 fully saturated rings. The summed E-state index contributed by atoms with van der Waals surface area (Å²) in [4.78, 5) is 13.9. The van der Waals surface area contributed by atoms with Crippen molar-refractivity contribution in [3.05, 3.63) is 11.8 Å². The fraction of sp³-hybridized carbons (Fsp3) is 0.333. The third-order valence-corrected chi connectivity index (χ3v) is 0.839. The van der Waals surface area contributed by atoms with Crippen molar-refractivity contribution in [1.29, 1.82) is 0 Å². The Hall–Kier alpha value is -1.32. The predicted molar refractivity (Wildman–Crippen MR) is 38.9 cm³/mol. The molecule has 0 aliphatic rings. The van der Waals surface area contributed by atoms with Crippen LogP contribution >= 0.6 is 0 Å². The zero-order chi connectivity index (χ0) is 7.98. The van der Waals surface area contributed by atoms with Crippen LogP contribution in [0.15, 0.2) is 16.8 Å². The Morgan fingerprint density at radius 1 is 1.80 bits per heavy atom. The van der Waals surface area contributed by atoms with Gasteiger partial charge in [-0.25, -0.2) is 4.79 Å². The Labute approximate surface area is 59.1 Å². The van der Waals surface area contributed by atoms with Crippen molar-refractivity contribution in [3.8, 4) is 0 Å². The molecule has 56 valence electrons. The number of aliphatic carboxylic acids is 1. The van der Waals surface area contributed by atoms with Crippen molar-refractivity contribution >= 4 is 12.2 Å². The maximum absolute atomic E-state index is 10.2. The molecule has 0 aliphatic heterocycles. The molecule has 0 heterocycles. The van der Waals surface area contributed by atoms with Crippen LogP contribution in [0.4, 0.5) is 0 Å². The van der Waals surface area contributed by atoms with E-state index in [0.717, 1.165) is 6.20 Å². The molecule has 0 aromatic carbocycles. The first-order valence-electron chi connectivity index (χ1n) is 2.87. The van der Waals surface area contributed by atoms with Crippen molar-refractivity contribution in [2.75, 3.05) is 6.54 Å². The highest BCUT2D eigenvalue weighted by Crippen LogP contribution is 1.86. The Kier molecular flexibility index (Phi) is 3.95. The molecule has 10 heavy (non-hydrogen) atoms. The summed E-state index contributed by atoms with van der Waals surface area (Å²) in [5, 5.41) is 8.36. The zero-order valence-corrected chi connectivity index (χ0v) is 5.74. The molecule has 0 saturated carbocycles. The van der Waals surface area contributed by atoms with Gasteiger partial charge < -0.3 is 10.8 Å². The minimum absolute atomic E-state index is 0.0156. The molecule has 3 N–H and O–H groups in total. The summed E-state index contributed by atoms with van der Waals surface area (Å²) >= 11 is 0. The highest BCUT2D eigenvalue weighted by Gasteiger charge is 2.00. The van der Waals surface area contributed by atoms with Crippen molar-refractivity contribution in [3.63, 3.8) is 0 Å². The molecule has 0 spiro atoms. The summed E-state index contributed by atoms with van der Waals surface area (Å²) in [5.41, 5.74) is 5.00. The second-order valence-electron chi connectivity index (χ2n) is 1.56. The van der Waals surface area contributed by atoms with Crippen molar-refractivity contribution < 1.29 is 9.90 Å². The molecule has 0 aromatic rings. The molecular weight excluding hydrogens is 132 g/mol. The third kappa shape index (κ3) is 2.86. The second-order valence-corrected chi connectivity index (χ2v) is 1.56. The number of carbonyl (C=O) groups is 1. The van der Waals surface area contributed by atoms with E-state index in [4.69, 9.17) is 10.8 Å². The molecule has 0 aromatic heterocycles. The van der Waals surface area contributed by atoms with Gasteiger partial charge in [-0.2, -0.15) is 0 Å². The summed E-state index contributed by atoms with van der Waals surface area (Å²) < 4.78 is 0. The lowest BCUT2D eigenvalue weighted by atomic mass is 10.3. The normalized spacial score (nSPS) is 12.3. The number of hydrogen-bond acceptors (Lipinski definition) is 3. The topological polar surface area (TPSA) is 75.7 Å². The first-order chi connectivity index (χ1) is 4.72. The lowest BCUT2D eigenvalue weighted by molar-refractivity contribution is -0.132. The number of carboxylic acid groups (broad SMARTS) is 1. The molecular formula is C6H10N2O2. The molecule has 0 aliphatic carbocycles. The quantitative estimate of drug-likeness (QED) is 0.430. The van der Waals surface area contributed by atoms with E-state index in [1.807, 2.05) is 6.92 Å². The van der Waals surface area contributed by atoms with Crippen LogP contribution < -0.4 is 5.73 Å². The largest absolute Gasteiger partial charge is 0.478 e. The van der Waals surface area contributed by atoms with Gasteiger partial charge in [-0.3, -0.25) is 4.99 Å². The average Bonchev–Trinajstić information content (AvgIpc) is 1.89. The predicted octanol–water partition coefficient (Wildman–Crippen LogP) is 0.00430. The van der Waals surface area contributed by atoms with Crippen LogP contribution in [-0.4, -0.2) is 23.8 Å². The summed E-state index contributed by atoms with van der Waals surface area (Å²) in [7, 11) is 0. The Bertz CT molecular complexity index is 173. The maximum Gasteiger partial charge on any atom is 0.338 e. The Morgan fingerprint density at radius 3 is 2.70 bits per heavy atom. The highest BCUT2D eigenvalue weighted by molar-refractivity contribution is 6.08. The van der Waals surface area contributed by atoms with Crippen LogP contribution in [0.2, 0.25) is 0 Å². The molecule has 0 radical (unpaired) electrons. The van der Waals surface area contributed by atoms with Crippen molar-refractivity contribution in [1.82, 2.24) is 0 Å². The van der Waals surface area contributed by atoms with Gasteiger partial charge in [-0.15, -0.1) is 0 Å². The summed E-state index contributed by atoms with van der Waals surface area (Å²) in [6, 6.07) is 0. The van der Waals surface area contributed by atoms with Crippen LogP contribution in [0.1, 0.15) is 6.92 Å². The number of nitrogens with zero attached hydrogens (tertiary/aromatic N) is 1. The van der Waals surface area contributed by atoms with E-state index in [2.05, 4.69) is 4.99 Å². The number of carboxylic acids is 1. The van der Waals surface area contributed by atoms with Crippen molar-refractivity contribution in [2.45, 2.75) is 6.92 Å². The van der Waals surface area contributed by atoms with Gasteiger partial charge in [0.2, 0.25) is 0 Å². The van der Waals surface area contributed by atoms with Gasteiger partial charge in [-0.1, -0.05) is 0 Å². The Balaban J connectivity index is 4.12. The summed E-state index contributed by atoms with van der Waals surface area (Å²) in [5.74, 6) is -1.06. The number of nitrogens with two attached hydrogens (primary N) is 1. The van der Waals surface area contributed by atoms with Gasteiger partial charge in [0.1, 0.15) is 0 Å². The first kappa shape index (κ1) is 8.68.